The Kier molecular flexibility index (Phi) is 7.13. The van der Waals surface area contributed by atoms with E-state index in [1.54, 1.807) is 6.07 Å². The zero-order valence-corrected chi connectivity index (χ0v) is 15.3. The molecule has 0 unspecified atom stereocenters. The molecule has 1 saturated carbocycles. The minimum absolute atomic E-state index is 0. The number of piperazine rings is 1. The second kappa shape index (κ2) is 8.62. The summed E-state index contributed by atoms with van der Waals surface area (Å²) in [5.74, 6) is 0.526. The van der Waals surface area contributed by atoms with E-state index in [1.807, 2.05) is 6.07 Å². The summed E-state index contributed by atoms with van der Waals surface area (Å²) >= 11 is 3.50. The van der Waals surface area contributed by atoms with Crippen molar-refractivity contribution >= 4 is 28.3 Å². The normalized spacial score (nSPS) is 22.1. The van der Waals surface area contributed by atoms with Gasteiger partial charge < -0.3 is 5.32 Å². The smallest absolute Gasteiger partial charge is 0.137 e. The highest BCUT2D eigenvalue weighted by molar-refractivity contribution is 9.10. The van der Waals surface area contributed by atoms with Gasteiger partial charge >= 0.3 is 0 Å². The maximum atomic E-state index is 14.0. The third-order valence-corrected chi connectivity index (χ3v) is 5.78. The lowest BCUT2D eigenvalue weighted by Crippen LogP contribution is -2.47. The van der Waals surface area contributed by atoms with Crippen molar-refractivity contribution in [3.8, 4) is 0 Å². The highest BCUT2D eigenvalue weighted by Gasteiger charge is 2.32. The van der Waals surface area contributed by atoms with Crippen LogP contribution in [0.15, 0.2) is 22.7 Å². The molecule has 2 nitrogen and oxygen atoms in total. The van der Waals surface area contributed by atoms with Crippen LogP contribution in [0.4, 0.5) is 4.39 Å². The maximum Gasteiger partial charge on any atom is 0.137 e. The topological polar surface area (TPSA) is 15.3 Å². The summed E-state index contributed by atoms with van der Waals surface area (Å²) in [6.45, 7) is 4.19. The molecule has 2 fully saturated rings. The van der Waals surface area contributed by atoms with Gasteiger partial charge in [-0.3, -0.25) is 4.90 Å². The molecule has 1 atom stereocenters. The molecule has 1 N–H and O–H groups in total. The Labute approximate surface area is 147 Å². The van der Waals surface area contributed by atoms with Gasteiger partial charge in [-0.25, -0.2) is 4.39 Å². The summed E-state index contributed by atoms with van der Waals surface area (Å²) in [4.78, 5) is 2.56. The fraction of sp³-hybridized carbons (Fsp3) is 0.647. The van der Waals surface area contributed by atoms with E-state index in [0.717, 1.165) is 31.7 Å². The van der Waals surface area contributed by atoms with Crippen molar-refractivity contribution < 1.29 is 4.39 Å². The highest BCUT2D eigenvalue weighted by atomic mass is 79.9. The van der Waals surface area contributed by atoms with E-state index in [9.17, 15) is 4.39 Å². The number of halogens is 3. The molecule has 2 aliphatic rings. The number of hydrogen-bond donors (Lipinski definition) is 1. The van der Waals surface area contributed by atoms with E-state index in [1.165, 1.54) is 32.1 Å². The quantitative estimate of drug-likeness (QED) is 0.814. The Balaban J connectivity index is 0.00000176. The molecule has 1 saturated heterocycles. The molecule has 0 bridgehead atoms. The predicted molar refractivity (Wildman–Crippen MR) is 95.1 cm³/mol. The van der Waals surface area contributed by atoms with Crippen molar-refractivity contribution in [3.63, 3.8) is 0 Å². The van der Waals surface area contributed by atoms with Crippen LogP contribution in [0.2, 0.25) is 0 Å². The fourth-order valence-corrected chi connectivity index (χ4v) is 4.41. The van der Waals surface area contributed by atoms with Crippen molar-refractivity contribution in [2.24, 2.45) is 5.92 Å². The van der Waals surface area contributed by atoms with Crippen LogP contribution >= 0.6 is 28.3 Å². The molecule has 5 heteroatoms. The van der Waals surface area contributed by atoms with Gasteiger partial charge in [0, 0.05) is 32.2 Å². The summed E-state index contributed by atoms with van der Waals surface area (Å²) in [7, 11) is 0. The van der Waals surface area contributed by atoms with Crippen LogP contribution in [0.1, 0.15) is 43.7 Å². The number of benzene rings is 1. The number of hydrogen-bond acceptors (Lipinski definition) is 2. The van der Waals surface area contributed by atoms with E-state index < -0.39 is 0 Å². The minimum Gasteiger partial charge on any atom is -0.314 e. The van der Waals surface area contributed by atoms with Gasteiger partial charge in [0.15, 0.2) is 0 Å². The van der Waals surface area contributed by atoms with Crippen LogP contribution in [-0.4, -0.2) is 31.1 Å². The van der Waals surface area contributed by atoms with E-state index in [4.69, 9.17) is 0 Å². The Morgan fingerprint density at radius 3 is 2.50 bits per heavy atom. The van der Waals surface area contributed by atoms with Crippen LogP contribution in [-0.2, 0) is 0 Å². The zero-order valence-electron chi connectivity index (χ0n) is 12.9. The van der Waals surface area contributed by atoms with Crippen LogP contribution in [0, 0.1) is 11.7 Å². The lowest BCUT2D eigenvalue weighted by molar-refractivity contribution is 0.102. The van der Waals surface area contributed by atoms with Gasteiger partial charge in [-0.15, -0.1) is 12.4 Å². The largest absolute Gasteiger partial charge is 0.314 e. The van der Waals surface area contributed by atoms with Crippen molar-refractivity contribution in [2.45, 2.75) is 38.1 Å². The van der Waals surface area contributed by atoms with Gasteiger partial charge in [0.2, 0.25) is 0 Å². The van der Waals surface area contributed by atoms with E-state index in [-0.39, 0.29) is 18.2 Å². The molecule has 0 aromatic heterocycles. The van der Waals surface area contributed by atoms with Crippen LogP contribution < -0.4 is 5.32 Å². The average Bonchev–Trinajstić information content (AvgIpc) is 2.54. The molecule has 1 aliphatic heterocycles. The molecular formula is C17H25BrClFN2. The van der Waals surface area contributed by atoms with Gasteiger partial charge in [0.25, 0.3) is 0 Å². The SMILES string of the molecule is Cl.Fc1cccc([C@@H](C2CCCCC2)N2CCNCC2)c1Br. The summed E-state index contributed by atoms with van der Waals surface area (Å²) in [5, 5.41) is 3.42. The zero-order chi connectivity index (χ0) is 14.7. The Hall–Kier alpha value is -0.160. The van der Waals surface area contributed by atoms with Gasteiger partial charge in [-0.2, -0.15) is 0 Å². The van der Waals surface area contributed by atoms with E-state index >= 15 is 0 Å². The van der Waals surface area contributed by atoms with Crippen LogP contribution in [0.5, 0.6) is 0 Å². The second-order valence-electron chi connectivity index (χ2n) is 6.27. The fourth-order valence-electron chi connectivity index (χ4n) is 3.91. The van der Waals surface area contributed by atoms with Gasteiger partial charge in [0.1, 0.15) is 5.82 Å². The average molecular weight is 392 g/mol. The molecule has 22 heavy (non-hydrogen) atoms. The molecule has 1 aromatic rings. The molecule has 0 spiro atoms. The summed E-state index contributed by atoms with van der Waals surface area (Å²) in [6.07, 6.45) is 6.55. The number of nitrogens with zero attached hydrogens (tertiary/aromatic N) is 1. The number of rotatable bonds is 3. The molecule has 0 amide bonds. The molecule has 124 valence electrons. The van der Waals surface area contributed by atoms with Gasteiger partial charge in [-0.1, -0.05) is 31.4 Å². The molecule has 1 aromatic carbocycles. The van der Waals surface area contributed by atoms with Crippen LogP contribution in [0.3, 0.4) is 0 Å². The van der Waals surface area contributed by atoms with Gasteiger partial charge in [0.05, 0.1) is 4.47 Å². The molecule has 0 radical (unpaired) electrons. The Bertz CT molecular complexity index is 456. The first-order chi connectivity index (χ1) is 10.3. The monoisotopic (exact) mass is 390 g/mol. The van der Waals surface area contributed by atoms with E-state index in [2.05, 4.69) is 32.2 Å². The molecular weight excluding hydrogens is 367 g/mol. The molecule has 1 heterocycles. The third-order valence-electron chi connectivity index (χ3n) is 4.94. The highest BCUT2D eigenvalue weighted by Crippen LogP contribution is 2.41. The first-order valence-electron chi connectivity index (χ1n) is 8.16. The minimum atomic E-state index is -0.136. The lowest BCUT2D eigenvalue weighted by Gasteiger charge is -2.41. The van der Waals surface area contributed by atoms with Crippen LogP contribution in [0.25, 0.3) is 0 Å². The number of nitrogens with one attached hydrogen (secondary N) is 1. The van der Waals surface area contributed by atoms with Crippen molar-refractivity contribution in [3.05, 3.63) is 34.1 Å². The first-order valence-corrected chi connectivity index (χ1v) is 8.95. The standard InChI is InChI=1S/C17H24BrFN2.ClH/c18-16-14(7-4-8-15(16)19)17(13-5-2-1-3-6-13)21-11-9-20-10-12-21;/h4,7-8,13,17,20H,1-3,5-6,9-12H2;1H/t17-;/m1./s1. The Morgan fingerprint density at radius 1 is 1.14 bits per heavy atom. The second-order valence-corrected chi connectivity index (χ2v) is 7.06. The van der Waals surface area contributed by atoms with Crippen molar-refractivity contribution in [1.82, 2.24) is 10.2 Å². The molecule has 3 rings (SSSR count). The van der Waals surface area contributed by atoms with E-state index in [0.29, 0.717) is 16.4 Å². The van der Waals surface area contributed by atoms with Crippen molar-refractivity contribution in [2.75, 3.05) is 26.2 Å². The van der Waals surface area contributed by atoms with Crippen molar-refractivity contribution in [1.29, 1.82) is 0 Å². The summed E-state index contributed by atoms with van der Waals surface area (Å²) < 4.78 is 14.7. The lowest BCUT2D eigenvalue weighted by atomic mass is 9.80. The first kappa shape index (κ1) is 18.2. The summed E-state index contributed by atoms with van der Waals surface area (Å²) in [5.41, 5.74) is 1.14. The van der Waals surface area contributed by atoms with Gasteiger partial charge in [-0.05, 0) is 46.3 Å². The Morgan fingerprint density at radius 2 is 1.82 bits per heavy atom. The predicted octanol–water partition coefficient (Wildman–Crippen LogP) is 4.54. The summed E-state index contributed by atoms with van der Waals surface area (Å²) in [6, 6.07) is 5.86. The molecule has 1 aliphatic carbocycles. The maximum absolute atomic E-state index is 14.0. The third kappa shape index (κ3) is 4.02.